The normalized spacial score (nSPS) is 12.0. The molecule has 0 aliphatic rings. The topological polar surface area (TPSA) is 30.5 Å². The van der Waals surface area contributed by atoms with Gasteiger partial charge in [0.15, 0.2) is 0 Å². The molecule has 0 radical (unpaired) electrons. The van der Waals surface area contributed by atoms with Crippen LogP contribution in [0.5, 0.6) is 11.5 Å². The monoisotopic (exact) mass is 305 g/mol. The molecule has 2 aromatic carbocycles. The van der Waals surface area contributed by atoms with E-state index in [1.807, 2.05) is 49.5 Å². The van der Waals surface area contributed by atoms with Gasteiger partial charge in [0.1, 0.15) is 18.1 Å². The number of ether oxygens (including phenoxy) is 2. The maximum atomic E-state index is 6.07. The van der Waals surface area contributed by atoms with E-state index in [0.29, 0.717) is 11.6 Å². The average molecular weight is 306 g/mol. The van der Waals surface area contributed by atoms with E-state index in [0.717, 1.165) is 22.6 Å². The van der Waals surface area contributed by atoms with Crippen LogP contribution in [0.15, 0.2) is 42.5 Å². The number of nitrogens with one attached hydrogen (secondary N) is 1. The van der Waals surface area contributed by atoms with E-state index in [-0.39, 0.29) is 6.04 Å². The van der Waals surface area contributed by atoms with Gasteiger partial charge in [-0.3, -0.25) is 0 Å². The van der Waals surface area contributed by atoms with E-state index < -0.39 is 0 Å². The molecule has 2 rings (SSSR count). The summed E-state index contributed by atoms with van der Waals surface area (Å²) >= 11 is 6.07. The Balaban J connectivity index is 2.15. The smallest absolute Gasteiger partial charge is 0.124 e. The lowest BCUT2D eigenvalue weighted by atomic mass is 10.1. The molecule has 0 saturated heterocycles. The Hall–Kier alpha value is -1.71. The summed E-state index contributed by atoms with van der Waals surface area (Å²) < 4.78 is 11.2. The lowest BCUT2D eigenvalue weighted by molar-refractivity contribution is 0.299. The Morgan fingerprint density at radius 1 is 1.19 bits per heavy atom. The third-order valence-electron chi connectivity index (χ3n) is 3.40. The summed E-state index contributed by atoms with van der Waals surface area (Å²) in [5.41, 5.74) is 2.11. The molecule has 21 heavy (non-hydrogen) atoms. The Morgan fingerprint density at radius 2 is 2.00 bits per heavy atom. The number of rotatable bonds is 6. The zero-order valence-corrected chi connectivity index (χ0v) is 13.3. The first-order valence-corrected chi connectivity index (χ1v) is 7.24. The molecule has 112 valence electrons. The number of hydrogen-bond acceptors (Lipinski definition) is 3. The number of benzene rings is 2. The van der Waals surface area contributed by atoms with Crippen molar-refractivity contribution in [2.75, 3.05) is 14.2 Å². The van der Waals surface area contributed by atoms with Gasteiger partial charge in [-0.25, -0.2) is 0 Å². The first-order valence-electron chi connectivity index (χ1n) is 6.86. The van der Waals surface area contributed by atoms with Crippen LogP contribution in [0.1, 0.15) is 24.1 Å². The molecule has 0 heterocycles. The van der Waals surface area contributed by atoms with Crippen molar-refractivity contribution in [3.8, 4) is 11.5 Å². The van der Waals surface area contributed by atoms with E-state index in [1.165, 1.54) is 0 Å². The van der Waals surface area contributed by atoms with Crippen LogP contribution < -0.4 is 14.8 Å². The van der Waals surface area contributed by atoms with E-state index in [1.54, 1.807) is 7.11 Å². The van der Waals surface area contributed by atoms with Crippen LogP contribution >= 0.6 is 11.6 Å². The summed E-state index contributed by atoms with van der Waals surface area (Å²) in [7, 11) is 3.57. The van der Waals surface area contributed by atoms with Crippen LogP contribution in [0.2, 0.25) is 5.02 Å². The van der Waals surface area contributed by atoms with Gasteiger partial charge in [-0.1, -0.05) is 23.7 Å². The molecule has 3 nitrogen and oxygen atoms in total. The Morgan fingerprint density at radius 3 is 2.71 bits per heavy atom. The standard InChI is InChI=1S/C17H20ClNO2/c1-12(19-2)16-10-14(18)7-8-17(16)21-11-13-5-4-6-15(9-13)20-3/h4-10,12,19H,11H2,1-3H3. The van der Waals surface area contributed by atoms with Crippen LogP contribution in [0.25, 0.3) is 0 Å². The summed E-state index contributed by atoms with van der Waals surface area (Å²) in [6, 6.07) is 13.7. The van der Waals surface area contributed by atoms with Crippen molar-refractivity contribution < 1.29 is 9.47 Å². The quantitative estimate of drug-likeness (QED) is 0.867. The predicted molar refractivity (Wildman–Crippen MR) is 86.3 cm³/mol. The third kappa shape index (κ3) is 4.13. The van der Waals surface area contributed by atoms with E-state index in [2.05, 4.69) is 12.2 Å². The predicted octanol–water partition coefficient (Wildman–Crippen LogP) is 4.21. The molecule has 0 aliphatic carbocycles. The van der Waals surface area contributed by atoms with E-state index in [4.69, 9.17) is 21.1 Å². The molecule has 0 aliphatic heterocycles. The zero-order chi connectivity index (χ0) is 15.2. The molecule has 1 N–H and O–H groups in total. The first kappa shape index (κ1) is 15.7. The molecule has 0 amide bonds. The summed E-state index contributed by atoms with van der Waals surface area (Å²) in [6.45, 7) is 2.56. The van der Waals surface area contributed by atoms with Crippen LogP contribution in [-0.2, 0) is 6.61 Å². The second-order valence-corrected chi connectivity index (χ2v) is 5.27. The first-order chi connectivity index (χ1) is 10.1. The highest BCUT2D eigenvalue weighted by molar-refractivity contribution is 6.30. The minimum atomic E-state index is 0.170. The minimum absolute atomic E-state index is 0.170. The van der Waals surface area contributed by atoms with Gasteiger partial charge in [-0.05, 0) is 49.9 Å². The highest BCUT2D eigenvalue weighted by Gasteiger charge is 2.11. The second kappa shape index (κ2) is 7.34. The van der Waals surface area contributed by atoms with Crippen molar-refractivity contribution >= 4 is 11.6 Å². The van der Waals surface area contributed by atoms with Gasteiger partial charge in [-0.2, -0.15) is 0 Å². The molecule has 0 aromatic heterocycles. The summed E-state index contributed by atoms with van der Waals surface area (Å²) in [4.78, 5) is 0. The van der Waals surface area contributed by atoms with Gasteiger partial charge in [-0.15, -0.1) is 0 Å². The van der Waals surface area contributed by atoms with Gasteiger partial charge in [0, 0.05) is 16.6 Å². The van der Waals surface area contributed by atoms with Gasteiger partial charge < -0.3 is 14.8 Å². The largest absolute Gasteiger partial charge is 0.497 e. The highest BCUT2D eigenvalue weighted by atomic mass is 35.5. The van der Waals surface area contributed by atoms with Crippen molar-refractivity contribution in [1.82, 2.24) is 5.32 Å². The van der Waals surface area contributed by atoms with Crippen LogP contribution in [-0.4, -0.2) is 14.2 Å². The SMILES string of the molecule is CNC(C)c1cc(Cl)ccc1OCc1cccc(OC)c1. The third-order valence-corrected chi connectivity index (χ3v) is 3.63. The Bertz CT molecular complexity index is 601. The molecule has 4 heteroatoms. The summed E-state index contributed by atoms with van der Waals surface area (Å²) in [5, 5.41) is 3.92. The van der Waals surface area contributed by atoms with Gasteiger partial charge in [0.2, 0.25) is 0 Å². The van der Waals surface area contributed by atoms with Gasteiger partial charge >= 0.3 is 0 Å². The van der Waals surface area contributed by atoms with E-state index >= 15 is 0 Å². The van der Waals surface area contributed by atoms with E-state index in [9.17, 15) is 0 Å². The van der Waals surface area contributed by atoms with Crippen LogP contribution in [0, 0.1) is 0 Å². The molecule has 2 aromatic rings. The fraction of sp³-hybridized carbons (Fsp3) is 0.294. The zero-order valence-electron chi connectivity index (χ0n) is 12.5. The number of methoxy groups -OCH3 is 1. The van der Waals surface area contributed by atoms with Crippen LogP contribution in [0.4, 0.5) is 0 Å². The van der Waals surface area contributed by atoms with Crippen molar-refractivity contribution in [3.05, 3.63) is 58.6 Å². The molecule has 0 bridgehead atoms. The highest BCUT2D eigenvalue weighted by Crippen LogP contribution is 2.29. The van der Waals surface area contributed by atoms with Crippen molar-refractivity contribution in [2.24, 2.45) is 0 Å². The van der Waals surface area contributed by atoms with Crippen molar-refractivity contribution in [2.45, 2.75) is 19.6 Å². The molecule has 1 atom stereocenters. The lowest BCUT2D eigenvalue weighted by Crippen LogP contribution is -2.13. The van der Waals surface area contributed by atoms with Gasteiger partial charge in [0.05, 0.1) is 7.11 Å². The average Bonchev–Trinajstić information content (AvgIpc) is 2.53. The van der Waals surface area contributed by atoms with Crippen molar-refractivity contribution in [3.63, 3.8) is 0 Å². The molecule has 1 unspecified atom stereocenters. The number of halogens is 1. The molecule has 0 spiro atoms. The number of hydrogen-bond donors (Lipinski definition) is 1. The Labute approximate surface area is 130 Å². The second-order valence-electron chi connectivity index (χ2n) is 4.83. The fourth-order valence-corrected chi connectivity index (χ4v) is 2.25. The minimum Gasteiger partial charge on any atom is -0.497 e. The maximum Gasteiger partial charge on any atom is 0.124 e. The molecular weight excluding hydrogens is 286 g/mol. The Kier molecular flexibility index (Phi) is 5.48. The summed E-state index contributed by atoms with van der Waals surface area (Å²) in [6.07, 6.45) is 0. The van der Waals surface area contributed by atoms with Crippen molar-refractivity contribution in [1.29, 1.82) is 0 Å². The molecular formula is C17H20ClNO2. The summed E-state index contributed by atoms with van der Waals surface area (Å²) in [5.74, 6) is 1.67. The lowest BCUT2D eigenvalue weighted by Gasteiger charge is -2.17. The van der Waals surface area contributed by atoms with Crippen LogP contribution in [0.3, 0.4) is 0 Å². The molecule has 0 saturated carbocycles. The molecule has 0 fully saturated rings. The fourth-order valence-electron chi connectivity index (χ4n) is 2.07. The maximum absolute atomic E-state index is 6.07. The van der Waals surface area contributed by atoms with Gasteiger partial charge in [0.25, 0.3) is 0 Å².